The Balaban J connectivity index is 3.05. The van der Waals surface area contributed by atoms with Gasteiger partial charge in [-0.1, -0.05) is 13.8 Å². The van der Waals surface area contributed by atoms with Crippen LogP contribution in [-0.4, -0.2) is 26.7 Å². The molecule has 120 valence electrons. The van der Waals surface area contributed by atoms with Crippen molar-refractivity contribution in [1.29, 1.82) is 0 Å². The van der Waals surface area contributed by atoms with Gasteiger partial charge in [-0.05, 0) is 40.9 Å². The van der Waals surface area contributed by atoms with E-state index in [0.29, 0.717) is 12.8 Å². The molecule has 8 heteroatoms. The van der Waals surface area contributed by atoms with E-state index in [1.807, 2.05) is 13.8 Å². The average molecular weight is 383 g/mol. The summed E-state index contributed by atoms with van der Waals surface area (Å²) in [7, 11) is -3.88. The molecule has 0 aliphatic carbocycles. The number of rotatable bonds is 7. The molecule has 0 heterocycles. The normalized spacial score (nSPS) is 12.6. The van der Waals surface area contributed by atoms with Gasteiger partial charge in [0.25, 0.3) is 0 Å². The first kappa shape index (κ1) is 18.3. The van der Waals surface area contributed by atoms with Crippen LogP contribution in [0.3, 0.4) is 0 Å². The van der Waals surface area contributed by atoms with Gasteiger partial charge in [0.2, 0.25) is 10.0 Å². The summed E-state index contributed by atoms with van der Waals surface area (Å²) in [4.78, 5) is -0.185. The fourth-order valence-corrected chi connectivity index (χ4v) is 3.67. The summed E-state index contributed by atoms with van der Waals surface area (Å²) < 4.78 is 40.4. The van der Waals surface area contributed by atoms with Crippen LogP contribution in [0.1, 0.15) is 26.7 Å². The Hall–Kier alpha value is -0.700. The van der Waals surface area contributed by atoms with Crippen LogP contribution >= 0.6 is 15.9 Å². The second-order valence-electron chi connectivity index (χ2n) is 4.99. The number of hydrogen-bond acceptors (Lipinski definition) is 4. The van der Waals surface area contributed by atoms with Crippen LogP contribution < -0.4 is 10.5 Å². The Bertz CT molecular complexity index is 595. The number of benzene rings is 1. The second-order valence-corrected chi connectivity index (χ2v) is 7.58. The summed E-state index contributed by atoms with van der Waals surface area (Å²) in [6.45, 7) is 3.74. The number of nitrogens with one attached hydrogen (secondary N) is 1. The number of halogens is 2. The lowest BCUT2D eigenvalue weighted by atomic mass is 9.84. The molecule has 0 radical (unpaired) electrons. The van der Waals surface area contributed by atoms with Crippen molar-refractivity contribution in [3.05, 3.63) is 22.4 Å². The highest BCUT2D eigenvalue weighted by molar-refractivity contribution is 9.10. The summed E-state index contributed by atoms with van der Waals surface area (Å²) in [6, 6.07) is 2.09. The topological polar surface area (TPSA) is 92.4 Å². The standard InChI is InChI=1S/C13H20BrFN2O3S/c1-3-13(4-2,8-18)7-17-21(19,20)12-5-9(14)10(15)6-11(12)16/h5-6,17-18H,3-4,7-8,16H2,1-2H3. The van der Waals surface area contributed by atoms with Gasteiger partial charge < -0.3 is 10.8 Å². The van der Waals surface area contributed by atoms with Crippen molar-refractivity contribution in [2.75, 3.05) is 18.9 Å². The first-order valence-electron chi connectivity index (χ1n) is 6.56. The lowest BCUT2D eigenvalue weighted by molar-refractivity contribution is 0.119. The molecular weight excluding hydrogens is 363 g/mol. The number of aliphatic hydroxyl groups is 1. The predicted octanol–water partition coefficient (Wildman–Crippen LogP) is 2.25. The van der Waals surface area contributed by atoms with Crippen LogP contribution in [0.4, 0.5) is 10.1 Å². The zero-order valence-electron chi connectivity index (χ0n) is 12.0. The zero-order chi connectivity index (χ0) is 16.3. The maximum atomic E-state index is 13.3. The van der Waals surface area contributed by atoms with Crippen molar-refractivity contribution in [2.45, 2.75) is 31.6 Å². The fraction of sp³-hybridized carbons (Fsp3) is 0.538. The quantitative estimate of drug-likeness (QED) is 0.630. The number of sulfonamides is 1. The summed E-state index contributed by atoms with van der Waals surface area (Å²) >= 11 is 2.94. The van der Waals surface area contributed by atoms with Crippen LogP contribution in [0.25, 0.3) is 0 Å². The largest absolute Gasteiger partial charge is 0.398 e. The van der Waals surface area contributed by atoms with Gasteiger partial charge >= 0.3 is 0 Å². The summed E-state index contributed by atoms with van der Waals surface area (Å²) in [6.07, 6.45) is 1.26. The van der Waals surface area contributed by atoms with E-state index < -0.39 is 21.3 Å². The van der Waals surface area contributed by atoms with Gasteiger partial charge in [0.1, 0.15) is 10.7 Å². The highest BCUT2D eigenvalue weighted by Gasteiger charge is 2.28. The molecule has 1 aromatic rings. The van der Waals surface area contributed by atoms with Crippen molar-refractivity contribution in [2.24, 2.45) is 5.41 Å². The number of hydrogen-bond donors (Lipinski definition) is 3. The van der Waals surface area contributed by atoms with E-state index in [1.54, 1.807) is 0 Å². The van der Waals surface area contributed by atoms with Gasteiger partial charge in [0.15, 0.2) is 0 Å². The molecule has 1 aromatic carbocycles. The van der Waals surface area contributed by atoms with Crippen LogP contribution in [0, 0.1) is 11.2 Å². The van der Waals surface area contributed by atoms with Gasteiger partial charge in [-0.2, -0.15) is 0 Å². The van der Waals surface area contributed by atoms with Crippen molar-refractivity contribution >= 4 is 31.6 Å². The minimum absolute atomic E-state index is 0.0245. The molecule has 0 aliphatic heterocycles. The number of nitrogen functional groups attached to an aromatic ring is 1. The maximum absolute atomic E-state index is 13.3. The summed E-state index contributed by atoms with van der Waals surface area (Å²) in [5, 5.41) is 9.46. The van der Waals surface area contributed by atoms with Crippen molar-refractivity contribution in [3.8, 4) is 0 Å². The third kappa shape index (κ3) is 4.15. The molecule has 4 N–H and O–H groups in total. The smallest absolute Gasteiger partial charge is 0.242 e. The van der Waals surface area contributed by atoms with Gasteiger partial charge in [-0.3, -0.25) is 0 Å². The van der Waals surface area contributed by atoms with Gasteiger partial charge in [-0.25, -0.2) is 17.5 Å². The first-order valence-corrected chi connectivity index (χ1v) is 8.84. The molecule has 0 bridgehead atoms. The Labute approximate surface area is 132 Å². The molecule has 0 unspecified atom stereocenters. The Morgan fingerprint density at radius 2 is 1.95 bits per heavy atom. The van der Waals surface area contributed by atoms with Gasteiger partial charge in [0.05, 0.1) is 10.2 Å². The molecule has 0 saturated heterocycles. The van der Waals surface area contributed by atoms with Gasteiger partial charge in [0, 0.05) is 18.6 Å². The lowest BCUT2D eigenvalue weighted by Crippen LogP contribution is -2.39. The van der Waals surface area contributed by atoms with Crippen LogP contribution in [-0.2, 0) is 10.0 Å². The third-order valence-electron chi connectivity index (χ3n) is 3.81. The summed E-state index contributed by atoms with van der Waals surface area (Å²) in [5.74, 6) is -0.627. The Morgan fingerprint density at radius 3 is 2.43 bits per heavy atom. The van der Waals surface area contributed by atoms with E-state index in [1.165, 1.54) is 0 Å². The fourth-order valence-electron chi connectivity index (χ4n) is 1.88. The molecule has 1 rings (SSSR count). The molecule has 5 nitrogen and oxygen atoms in total. The maximum Gasteiger partial charge on any atom is 0.242 e. The van der Waals surface area contributed by atoms with Crippen molar-refractivity contribution in [1.82, 2.24) is 4.72 Å². The lowest BCUT2D eigenvalue weighted by Gasteiger charge is -2.29. The molecule has 0 saturated carbocycles. The Kier molecular flexibility index (Phi) is 6.15. The SMILES string of the molecule is CCC(CC)(CO)CNS(=O)(=O)c1cc(Br)c(F)cc1N. The minimum Gasteiger partial charge on any atom is -0.398 e. The third-order valence-corrected chi connectivity index (χ3v) is 5.88. The Morgan fingerprint density at radius 1 is 1.38 bits per heavy atom. The predicted molar refractivity (Wildman–Crippen MR) is 83.8 cm³/mol. The molecule has 0 atom stereocenters. The van der Waals surface area contributed by atoms with Crippen LogP contribution in [0.15, 0.2) is 21.5 Å². The number of nitrogens with two attached hydrogens (primary N) is 1. The monoisotopic (exact) mass is 382 g/mol. The van der Waals surface area contributed by atoms with E-state index >= 15 is 0 Å². The van der Waals surface area contributed by atoms with E-state index in [9.17, 15) is 17.9 Å². The molecule has 0 aromatic heterocycles. The van der Waals surface area contributed by atoms with Gasteiger partial charge in [-0.15, -0.1) is 0 Å². The molecule has 0 aliphatic rings. The van der Waals surface area contributed by atoms with E-state index in [2.05, 4.69) is 20.7 Å². The van der Waals surface area contributed by atoms with Crippen molar-refractivity contribution < 1.29 is 17.9 Å². The zero-order valence-corrected chi connectivity index (χ0v) is 14.4. The van der Waals surface area contributed by atoms with E-state index in [0.717, 1.165) is 12.1 Å². The molecule has 0 fully saturated rings. The molecule has 0 spiro atoms. The van der Waals surface area contributed by atoms with Crippen molar-refractivity contribution in [3.63, 3.8) is 0 Å². The van der Waals surface area contributed by atoms with E-state index in [-0.39, 0.29) is 28.2 Å². The first-order chi connectivity index (χ1) is 9.71. The number of aliphatic hydroxyl groups excluding tert-OH is 1. The molecule has 0 amide bonds. The average Bonchev–Trinajstić information content (AvgIpc) is 2.45. The highest BCUT2D eigenvalue weighted by atomic mass is 79.9. The summed E-state index contributed by atoms with van der Waals surface area (Å²) in [5.41, 5.74) is 4.91. The van der Waals surface area contributed by atoms with Crippen LogP contribution in [0.2, 0.25) is 0 Å². The number of anilines is 1. The molecular formula is C13H20BrFN2O3S. The van der Waals surface area contributed by atoms with Crippen LogP contribution in [0.5, 0.6) is 0 Å². The minimum atomic E-state index is -3.88. The highest BCUT2D eigenvalue weighted by Crippen LogP contribution is 2.28. The molecule has 21 heavy (non-hydrogen) atoms. The van der Waals surface area contributed by atoms with E-state index in [4.69, 9.17) is 5.73 Å². The second kappa shape index (κ2) is 7.04.